The van der Waals surface area contributed by atoms with Crippen LogP contribution in [-0.4, -0.2) is 92.5 Å². The maximum absolute atomic E-state index is 12.6. The highest BCUT2D eigenvalue weighted by Gasteiger charge is 2.51. The van der Waals surface area contributed by atoms with E-state index in [-0.39, 0.29) is 17.4 Å². The predicted octanol–water partition coefficient (Wildman–Crippen LogP) is 1.40. The lowest BCUT2D eigenvalue weighted by Crippen LogP contribution is -2.54. The van der Waals surface area contributed by atoms with Crippen molar-refractivity contribution in [2.24, 2.45) is 5.92 Å². The molecule has 3 saturated heterocycles. The van der Waals surface area contributed by atoms with Gasteiger partial charge in [-0.15, -0.1) is 0 Å². The van der Waals surface area contributed by atoms with Crippen molar-refractivity contribution in [1.82, 2.24) is 24.3 Å². The number of anilines is 1. The Kier molecular flexibility index (Phi) is 6.26. The number of aliphatic hydroxyl groups excluding tert-OH is 1. The van der Waals surface area contributed by atoms with E-state index in [4.69, 9.17) is 15.2 Å². The molecule has 34 heavy (non-hydrogen) atoms. The number of piperidine rings is 1. The third-order valence-electron chi connectivity index (χ3n) is 7.91. The van der Waals surface area contributed by atoms with Crippen LogP contribution in [0.1, 0.15) is 45.8 Å². The van der Waals surface area contributed by atoms with Crippen LogP contribution in [0.5, 0.6) is 0 Å². The fourth-order valence-corrected chi connectivity index (χ4v) is 5.81. The van der Waals surface area contributed by atoms with Gasteiger partial charge in [0.1, 0.15) is 30.0 Å². The van der Waals surface area contributed by atoms with E-state index in [1.54, 1.807) is 24.6 Å². The average Bonchev–Trinajstić information content (AvgIpc) is 3.49. The third-order valence-corrected chi connectivity index (χ3v) is 7.91. The molecule has 5 heterocycles. The molecule has 0 aliphatic carbocycles. The number of nitrogens with zero attached hydrogens (tertiary/aromatic N) is 5. The predicted molar refractivity (Wildman–Crippen MR) is 127 cm³/mol. The monoisotopic (exact) mass is 472 g/mol. The van der Waals surface area contributed by atoms with Crippen LogP contribution in [0.25, 0.3) is 11.0 Å². The highest BCUT2D eigenvalue weighted by molar-refractivity contribution is 5.86. The Hall–Kier alpha value is -2.27. The molecule has 0 aromatic carbocycles. The third kappa shape index (κ3) is 4.06. The molecule has 4 atom stereocenters. The van der Waals surface area contributed by atoms with Crippen molar-refractivity contribution in [3.8, 4) is 0 Å². The minimum Gasteiger partial charge on any atom is -0.456 e. The average molecular weight is 473 g/mol. The Bertz CT molecular complexity index is 1030. The van der Waals surface area contributed by atoms with Crippen LogP contribution < -0.4 is 5.73 Å². The maximum Gasteiger partial charge on any atom is 0.308 e. The van der Waals surface area contributed by atoms with Gasteiger partial charge in [0.05, 0.1) is 11.3 Å². The van der Waals surface area contributed by atoms with Gasteiger partial charge in [-0.1, -0.05) is 13.8 Å². The van der Waals surface area contributed by atoms with Gasteiger partial charge in [0.15, 0.2) is 12.3 Å². The molecule has 3 N–H and O–H groups in total. The molecule has 10 nitrogen and oxygen atoms in total. The smallest absolute Gasteiger partial charge is 0.308 e. The number of esters is 1. The zero-order valence-corrected chi connectivity index (χ0v) is 20.3. The molecule has 0 saturated carbocycles. The van der Waals surface area contributed by atoms with Gasteiger partial charge in [0.25, 0.3) is 0 Å². The molecular formula is C24H36N6O4. The van der Waals surface area contributed by atoms with Gasteiger partial charge in [0, 0.05) is 18.3 Å². The Balaban J connectivity index is 1.42. The SMILES string of the molecule is CC(C)C(=O)O[C@H]1[C@@H](O)[C@H](n2ccc3c(N)ncnc32)O[C@@H]1CN1CCCC12CCN(C)CC2. The number of rotatable bonds is 5. The molecule has 10 heteroatoms. The first-order chi connectivity index (χ1) is 16.3. The summed E-state index contributed by atoms with van der Waals surface area (Å²) in [4.78, 5) is 25.9. The van der Waals surface area contributed by atoms with Gasteiger partial charge in [-0.3, -0.25) is 9.69 Å². The molecule has 0 unspecified atom stereocenters. The zero-order valence-electron chi connectivity index (χ0n) is 20.3. The second kappa shape index (κ2) is 9.07. The maximum atomic E-state index is 12.6. The van der Waals surface area contributed by atoms with Crippen molar-refractivity contribution in [3.05, 3.63) is 18.6 Å². The summed E-state index contributed by atoms with van der Waals surface area (Å²) in [6.45, 7) is 7.36. The van der Waals surface area contributed by atoms with Gasteiger partial charge < -0.3 is 29.8 Å². The number of aromatic nitrogens is 3. The molecule has 3 fully saturated rings. The van der Waals surface area contributed by atoms with Crippen LogP contribution in [0.3, 0.4) is 0 Å². The van der Waals surface area contributed by atoms with Crippen LogP contribution in [-0.2, 0) is 14.3 Å². The number of ether oxygens (including phenoxy) is 2. The van der Waals surface area contributed by atoms with Crippen molar-refractivity contribution in [3.63, 3.8) is 0 Å². The minimum absolute atomic E-state index is 0.160. The van der Waals surface area contributed by atoms with Crippen LogP contribution in [0.2, 0.25) is 0 Å². The van der Waals surface area contributed by atoms with Crippen molar-refractivity contribution in [2.45, 2.75) is 69.6 Å². The summed E-state index contributed by atoms with van der Waals surface area (Å²) in [5.74, 6) is -0.256. The lowest BCUT2D eigenvalue weighted by Gasteiger charge is -2.45. The minimum atomic E-state index is -1.03. The number of aliphatic hydroxyl groups is 1. The number of carbonyl (C=O) groups is 1. The summed E-state index contributed by atoms with van der Waals surface area (Å²) in [5, 5.41) is 12.0. The molecule has 1 spiro atoms. The van der Waals surface area contributed by atoms with Crippen LogP contribution in [0, 0.1) is 5.92 Å². The normalized spacial score (nSPS) is 30.0. The van der Waals surface area contributed by atoms with Crippen LogP contribution in [0.4, 0.5) is 5.82 Å². The zero-order chi connectivity index (χ0) is 24.0. The fraction of sp³-hybridized carbons (Fsp3) is 0.708. The largest absolute Gasteiger partial charge is 0.456 e. The summed E-state index contributed by atoms with van der Waals surface area (Å²) in [5.41, 5.74) is 6.75. The molecule has 0 radical (unpaired) electrons. The van der Waals surface area contributed by atoms with Crippen molar-refractivity contribution in [1.29, 1.82) is 0 Å². The first-order valence-corrected chi connectivity index (χ1v) is 12.3. The molecule has 0 amide bonds. The number of nitrogen functional groups attached to an aromatic ring is 1. The van der Waals surface area contributed by atoms with Crippen LogP contribution in [0.15, 0.2) is 18.6 Å². The number of likely N-dealkylation sites (tertiary alicyclic amines) is 2. The summed E-state index contributed by atoms with van der Waals surface area (Å²) >= 11 is 0. The first kappa shape index (κ1) is 23.5. The van der Waals surface area contributed by atoms with Crippen LogP contribution >= 0.6 is 0 Å². The molecule has 2 aromatic rings. The molecule has 3 aliphatic heterocycles. The molecular weight excluding hydrogens is 436 g/mol. The molecule has 5 rings (SSSR count). The van der Waals surface area contributed by atoms with Gasteiger partial charge >= 0.3 is 5.97 Å². The summed E-state index contributed by atoms with van der Waals surface area (Å²) in [6, 6.07) is 1.82. The summed E-state index contributed by atoms with van der Waals surface area (Å²) < 4.78 is 14.1. The Labute approximate surface area is 200 Å². The van der Waals surface area contributed by atoms with Gasteiger partial charge in [-0.05, 0) is 58.4 Å². The summed E-state index contributed by atoms with van der Waals surface area (Å²) in [7, 11) is 2.17. The molecule has 2 aromatic heterocycles. The van der Waals surface area contributed by atoms with Crippen molar-refractivity contribution >= 4 is 22.8 Å². The first-order valence-electron chi connectivity index (χ1n) is 12.3. The Morgan fingerprint density at radius 2 is 2.06 bits per heavy atom. The number of nitrogens with two attached hydrogens (primary N) is 1. The number of hydrogen-bond donors (Lipinski definition) is 2. The van der Waals surface area contributed by atoms with Gasteiger partial charge in [0.2, 0.25) is 0 Å². The number of hydrogen-bond acceptors (Lipinski definition) is 9. The van der Waals surface area contributed by atoms with E-state index in [0.29, 0.717) is 23.4 Å². The number of fused-ring (bicyclic) bond motifs is 1. The van der Waals surface area contributed by atoms with E-state index in [2.05, 4.69) is 26.8 Å². The number of carbonyl (C=O) groups excluding carboxylic acids is 1. The quantitative estimate of drug-likeness (QED) is 0.622. The second-order valence-corrected chi connectivity index (χ2v) is 10.4. The summed E-state index contributed by atoms with van der Waals surface area (Å²) in [6.07, 6.45) is 4.78. The van der Waals surface area contributed by atoms with Crippen molar-refractivity contribution < 1.29 is 19.4 Å². The fourth-order valence-electron chi connectivity index (χ4n) is 5.81. The van der Waals surface area contributed by atoms with Gasteiger partial charge in [-0.2, -0.15) is 0 Å². The highest BCUT2D eigenvalue weighted by atomic mass is 16.6. The Morgan fingerprint density at radius 1 is 1.29 bits per heavy atom. The standard InChI is InChI=1S/C24H36N6O4/c1-15(2)23(32)34-19-17(13-29-9-4-6-24(29)7-11-28(3)12-8-24)33-22(18(19)31)30-10-5-16-20(25)26-14-27-21(16)30/h5,10,14-15,17-19,22,31H,4,6-9,11-13H2,1-3H3,(H2,25,26,27)/t17-,18-,19-,22-/m1/s1. The topological polar surface area (TPSA) is 119 Å². The van der Waals surface area contributed by atoms with E-state index in [1.165, 1.54) is 12.7 Å². The Morgan fingerprint density at radius 3 is 2.79 bits per heavy atom. The molecule has 0 bridgehead atoms. The van der Waals surface area contributed by atoms with Gasteiger partial charge in [-0.25, -0.2) is 9.97 Å². The second-order valence-electron chi connectivity index (χ2n) is 10.4. The van der Waals surface area contributed by atoms with E-state index in [1.807, 2.05) is 6.07 Å². The lowest BCUT2D eigenvalue weighted by atomic mass is 9.85. The van der Waals surface area contributed by atoms with E-state index in [0.717, 1.165) is 38.9 Å². The molecule has 186 valence electrons. The van der Waals surface area contributed by atoms with Crippen molar-refractivity contribution in [2.75, 3.05) is 39.0 Å². The highest BCUT2D eigenvalue weighted by Crippen LogP contribution is 2.41. The molecule has 3 aliphatic rings. The van der Waals surface area contributed by atoms with E-state index in [9.17, 15) is 9.90 Å². The lowest BCUT2D eigenvalue weighted by molar-refractivity contribution is -0.160. The van der Waals surface area contributed by atoms with E-state index >= 15 is 0 Å². The van der Waals surface area contributed by atoms with E-state index < -0.39 is 24.5 Å².